The van der Waals surface area contributed by atoms with Crippen LogP contribution in [-0.4, -0.2) is 38.3 Å². The summed E-state index contributed by atoms with van der Waals surface area (Å²) in [5, 5.41) is 2.66. The van der Waals surface area contributed by atoms with E-state index in [0.29, 0.717) is 31.0 Å². The summed E-state index contributed by atoms with van der Waals surface area (Å²) in [6.07, 6.45) is 2.82. The van der Waals surface area contributed by atoms with E-state index >= 15 is 0 Å². The molecular formula is C21H25FN2O4S. The van der Waals surface area contributed by atoms with Gasteiger partial charge in [0.1, 0.15) is 11.6 Å². The summed E-state index contributed by atoms with van der Waals surface area (Å²) >= 11 is 0. The van der Waals surface area contributed by atoms with Crippen LogP contribution in [0.1, 0.15) is 26.3 Å². The number of carbonyl (C=O) groups excluding carboxylic acids is 1. The summed E-state index contributed by atoms with van der Waals surface area (Å²) in [5.41, 5.74) is 0.915. The Bertz CT molecular complexity index is 969. The number of carbonyl (C=O) groups is 1. The average Bonchev–Trinajstić information content (AvgIpc) is 2.69. The fraction of sp³-hybridized carbons (Fsp3) is 0.286. The molecule has 0 aliphatic carbocycles. The van der Waals surface area contributed by atoms with E-state index in [1.807, 2.05) is 0 Å². The highest BCUT2D eigenvalue weighted by Crippen LogP contribution is 2.29. The van der Waals surface area contributed by atoms with Gasteiger partial charge in [0.2, 0.25) is 15.9 Å². The monoisotopic (exact) mass is 420 g/mol. The molecule has 2 aromatic carbocycles. The third-order valence-corrected chi connectivity index (χ3v) is 6.19. The van der Waals surface area contributed by atoms with Gasteiger partial charge in [-0.15, -0.1) is 0 Å². The van der Waals surface area contributed by atoms with Gasteiger partial charge >= 0.3 is 0 Å². The van der Waals surface area contributed by atoms with Gasteiger partial charge in [0, 0.05) is 19.2 Å². The molecule has 0 fully saturated rings. The molecule has 0 unspecified atom stereocenters. The fourth-order valence-electron chi connectivity index (χ4n) is 2.68. The van der Waals surface area contributed by atoms with Gasteiger partial charge < -0.3 is 10.1 Å². The molecule has 0 spiro atoms. The summed E-state index contributed by atoms with van der Waals surface area (Å²) < 4.78 is 45.3. The fourth-order valence-corrected chi connectivity index (χ4v) is 4.17. The molecule has 6 nitrogen and oxygen atoms in total. The van der Waals surface area contributed by atoms with Gasteiger partial charge in [-0.05, 0) is 48.9 Å². The lowest BCUT2D eigenvalue weighted by molar-refractivity contribution is -0.111. The lowest BCUT2D eigenvalue weighted by Gasteiger charge is -2.19. The summed E-state index contributed by atoms with van der Waals surface area (Å²) in [6.45, 7) is 6.36. The Balaban J connectivity index is 2.29. The molecule has 0 atom stereocenters. The maximum Gasteiger partial charge on any atom is 0.248 e. The molecule has 0 aromatic heterocycles. The number of nitrogens with zero attached hydrogens (tertiary/aromatic N) is 1. The number of ether oxygens (including phenoxy) is 1. The molecule has 1 N–H and O–H groups in total. The van der Waals surface area contributed by atoms with Crippen molar-refractivity contribution in [3.8, 4) is 5.75 Å². The summed E-state index contributed by atoms with van der Waals surface area (Å²) in [4.78, 5) is 12.4. The van der Waals surface area contributed by atoms with E-state index in [1.165, 1.54) is 46.8 Å². The molecule has 0 aliphatic heterocycles. The van der Waals surface area contributed by atoms with Crippen LogP contribution in [0.15, 0.2) is 53.4 Å². The second kappa shape index (κ2) is 10.2. The van der Waals surface area contributed by atoms with Crippen LogP contribution in [0.5, 0.6) is 5.75 Å². The molecule has 0 radical (unpaired) electrons. The van der Waals surface area contributed by atoms with E-state index in [1.54, 1.807) is 32.9 Å². The number of amides is 1. The molecular weight excluding hydrogens is 395 g/mol. The highest BCUT2D eigenvalue weighted by Gasteiger charge is 2.23. The van der Waals surface area contributed by atoms with Crippen molar-refractivity contribution in [3.05, 3.63) is 59.9 Å². The molecule has 156 valence electrons. The maximum absolute atomic E-state index is 13.0. The third kappa shape index (κ3) is 5.88. The van der Waals surface area contributed by atoms with Crippen LogP contribution in [0.2, 0.25) is 0 Å². The Morgan fingerprint density at radius 3 is 2.34 bits per heavy atom. The normalized spacial score (nSPS) is 11.8. The van der Waals surface area contributed by atoms with Gasteiger partial charge in [0.05, 0.1) is 17.2 Å². The largest absolute Gasteiger partial charge is 0.492 e. The lowest BCUT2D eigenvalue weighted by Crippen LogP contribution is -2.30. The molecule has 1 amide bonds. The first-order valence-corrected chi connectivity index (χ1v) is 10.8. The van der Waals surface area contributed by atoms with E-state index in [-0.39, 0.29) is 16.4 Å². The predicted octanol–water partition coefficient (Wildman–Crippen LogP) is 3.91. The molecule has 0 aliphatic rings. The number of hydrogen-bond acceptors (Lipinski definition) is 4. The summed E-state index contributed by atoms with van der Waals surface area (Å²) in [6, 6.07) is 10.1. The topological polar surface area (TPSA) is 75.7 Å². The van der Waals surface area contributed by atoms with Crippen molar-refractivity contribution in [2.24, 2.45) is 0 Å². The zero-order chi connectivity index (χ0) is 21.4. The minimum atomic E-state index is -3.68. The van der Waals surface area contributed by atoms with Gasteiger partial charge in [-0.25, -0.2) is 12.8 Å². The number of rotatable bonds is 9. The van der Waals surface area contributed by atoms with Gasteiger partial charge in [-0.1, -0.05) is 26.0 Å². The second-order valence-corrected chi connectivity index (χ2v) is 7.99. The van der Waals surface area contributed by atoms with E-state index in [0.717, 1.165) is 0 Å². The number of sulfonamides is 1. The Hall–Kier alpha value is -2.71. The smallest absolute Gasteiger partial charge is 0.248 e. The number of anilines is 1. The quantitative estimate of drug-likeness (QED) is 0.624. The van der Waals surface area contributed by atoms with Gasteiger partial charge in [-0.3, -0.25) is 4.79 Å². The zero-order valence-corrected chi connectivity index (χ0v) is 17.5. The number of hydrogen-bond donors (Lipinski definition) is 1. The first kappa shape index (κ1) is 22.6. The molecule has 0 heterocycles. The van der Waals surface area contributed by atoms with Crippen LogP contribution in [0, 0.1) is 5.82 Å². The molecule has 29 heavy (non-hydrogen) atoms. The highest BCUT2D eigenvalue weighted by atomic mass is 32.2. The molecule has 8 heteroatoms. The predicted molar refractivity (Wildman–Crippen MR) is 112 cm³/mol. The van der Waals surface area contributed by atoms with Crippen molar-refractivity contribution in [2.45, 2.75) is 25.7 Å². The van der Waals surface area contributed by atoms with E-state index < -0.39 is 15.9 Å². The van der Waals surface area contributed by atoms with Crippen molar-refractivity contribution in [2.75, 3.05) is 25.0 Å². The van der Waals surface area contributed by atoms with Crippen LogP contribution in [0.4, 0.5) is 10.1 Å². The second-order valence-electron chi connectivity index (χ2n) is 6.05. The molecule has 0 saturated carbocycles. The summed E-state index contributed by atoms with van der Waals surface area (Å²) in [7, 11) is -3.68. The van der Waals surface area contributed by atoms with Crippen molar-refractivity contribution in [1.29, 1.82) is 0 Å². The van der Waals surface area contributed by atoms with Crippen LogP contribution >= 0.6 is 0 Å². The first-order valence-electron chi connectivity index (χ1n) is 9.33. The van der Waals surface area contributed by atoms with Crippen molar-refractivity contribution < 1.29 is 22.3 Å². The minimum Gasteiger partial charge on any atom is -0.492 e. The standard InChI is InChI=1S/C21H25FN2O4S/c1-4-24(5-2)29(26,27)18-12-13-20(28-6-3)19(15-18)23-21(25)14-9-16-7-10-17(22)11-8-16/h7-15H,4-6H2,1-3H3,(H,23,25). The Morgan fingerprint density at radius 2 is 1.76 bits per heavy atom. The SMILES string of the molecule is CCOc1ccc(S(=O)(=O)N(CC)CC)cc1NC(=O)C=Cc1ccc(F)cc1. The average molecular weight is 421 g/mol. The van der Waals surface area contributed by atoms with E-state index in [4.69, 9.17) is 4.74 Å². The molecule has 0 saturated heterocycles. The van der Waals surface area contributed by atoms with Crippen molar-refractivity contribution in [1.82, 2.24) is 4.31 Å². The molecule has 0 bridgehead atoms. The van der Waals surface area contributed by atoms with Crippen molar-refractivity contribution in [3.63, 3.8) is 0 Å². The number of halogens is 1. The molecule has 2 rings (SSSR count). The van der Waals surface area contributed by atoms with Gasteiger partial charge in [-0.2, -0.15) is 4.31 Å². The number of nitrogens with one attached hydrogen (secondary N) is 1. The Labute approximate surface area is 171 Å². The van der Waals surface area contributed by atoms with Gasteiger partial charge in [0.25, 0.3) is 0 Å². The van der Waals surface area contributed by atoms with Crippen LogP contribution in [0.3, 0.4) is 0 Å². The first-order chi connectivity index (χ1) is 13.8. The lowest BCUT2D eigenvalue weighted by atomic mass is 10.2. The Kier molecular flexibility index (Phi) is 7.92. The summed E-state index contributed by atoms with van der Waals surface area (Å²) in [5.74, 6) is -0.457. The van der Waals surface area contributed by atoms with E-state index in [2.05, 4.69) is 5.32 Å². The third-order valence-electron chi connectivity index (χ3n) is 4.15. The Morgan fingerprint density at radius 1 is 1.10 bits per heavy atom. The van der Waals surface area contributed by atoms with Crippen LogP contribution < -0.4 is 10.1 Å². The number of benzene rings is 2. The van der Waals surface area contributed by atoms with Crippen LogP contribution in [-0.2, 0) is 14.8 Å². The van der Waals surface area contributed by atoms with Crippen LogP contribution in [0.25, 0.3) is 6.08 Å². The molecule has 2 aromatic rings. The maximum atomic E-state index is 13.0. The minimum absolute atomic E-state index is 0.0717. The van der Waals surface area contributed by atoms with Crippen molar-refractivity contribution >= 4 is 27.7 Å². The van der Waals surface area contributed by atoms with Gasteiger partial charge in [0.15, 0.2) is 0 Å². The zero-order valence-electron chi connectivity index (χ0n) is 16.7. The van der Waals surface area contributed by atoms with E-state index in [9.17, 15) is 17.6 Å². The highest BCUT2D eigenvalue weighted by molar-refractivity contribution is 7.89.